The van der Waals surface area contributed by atoms with Gasteiger partial charge in [-0.1, -0.05) is 49.4 Å². The van der Waals surface area contributed by atoms with E-state index in [4.69, 9.17) is 9.72 Å². The van der Waals surface area contributed by atoms with Gasteiger partial charge in [0.2, 0.25) is 5.82 Å². The summed E-state index contributed by atoms with van der Waals surface area (Å²) >= 11 is 0. The number of rotatable bonds is 6. The maximum Gasteiger partial charge on any atom is 0.205 e. The summed E-state index contributed by atoms with van der Waals surface area (Å²) in [5.74, 6) is 1.49. The van der Waals surface area contributed by atoms with Gasteiger partial charge in [0.05, 0.1) is 5.69 Å². The van der Waals surface area contributed by atoms with Crippen molar-refractivity contribution in [2.45, 2.75) is 32.9 Å². The lowest BCUT2D eigenvalue weighted by molar-refractivity contribution is 0.299. The molecule has 0 fully saturated rings. The van der Waals surface area contributed by atoms with Crippen molar-refractivity contribution < 1.29 is 4.74 Å². The van der Waals surface area contributed by atoms with Crippen LogP contribution in [0.3, 0.4) is 0 Å². The fraction of sp³-hybridized carbons (Fsp3) is 0.250. The zero-order valence-corrected chi connectivity index (χ0v) is 17.4. The summed E-state index contributed by atoms with van der Waals surface area (Å²) in [6.07, 6.45) is 1.83. The molecule has 156 valence electrons. The van der Waals surface area contributed by atoms with Gasteiger partial charge in [0.15, 0.2) is 0 Å². The number of hydrogen-bond donors (Lipinski definition) is 2. The molecule has 2 N–H and O–H groups in total. The van der Waals surface area contributed by atoms with E-state index in [0.717, 1.165) is 65.3 Å². The number of ether oxygens (including phenoxy) is 1. The topological polar surface area (TPSA) is 88.6 Å². The second-order valence-electron chi connectivity index (χ2n) is 7.59. The normalized spacial score (nSPS) is 13.1. The number of fused-ring (bicyclic) bond motifs is 1. The van der Waals surface area contributed by atoms with Crippen LogP contribution in [0, 0.1) is 0 Å². The van der Waals surface area contributed by atoms with E-state index in [-0.39, 0.29) is 0 Å². The van der Waals surface area contributed by atoms with E-state index in [2.05, 4.69) is 69.3 Å². The average molecular weight is 412 g/mol. The highest BCUT2D eigenvalue weighted by atomic mass is 16.5. The van der Waals surface area contributed by atoms with Gasteiger partial charge in [0.25, 0.3) is 0 Å². The molecular formula is C24H24N6O. The highest BCUT2D eigenvalue weighted by Gasteiger charge is 2.18. The smallest absolute Gasteiger partial charge is 0.205 e. The Labute approximate surface area is 180 Å². The second kappa shape index (κ2) is 8.65. The number of H-pyrrole nitrogens is 1. The van der Waals surface area contributed by atoms with Gasteiger partial charge in [-0.15, -0.1) is 10.2 Å². The molecule has 2 aromatic carbocycles. The number of benzene rings is 2. The monoisotopic (exact) mass is 412 g/mol. The van der Waals surface area contributed by atoms with Crippen LogP contribution in [0.4, 0.5) is 0 Å². The third-order valence-corrected chi connectivity index (χ3v) is 5.57. The predicted molar refractivity (Wildman–Crippen MR) is 118 cm³/mol. The summed E-state index contributed by atoms with van der Waals surface area (Å²) in [4.78, 5) is 4.79. The minimum Gasteiger partial charge on any atom is -0.488 e. The van der Waals surface area contributed by atoms with E-state index in [1.165, 1.54) is 5.56 Å². The SMILES string of the molecule is CCc1cc(OCc2ccc(-c3ccccc3)c(-c3nn[nH]n3)c2)c2c(n1)CCNC2. The summed E-state index contributed by atoms with van der Waals surface area (Å²) in [6.45, 7) is 4.34. The summed E-state index contributed by atoms with van der Waals surface area (Å²) < 4.78 is 6.31. The predicted octanol–water partition coefficient (Wildman–Crippen LogP) is 3.72. The Morgan fingerprint density at radius 2 is 1.94 bits per heavy atom. The van der Waals surface area contributed by atoms with Gasteiger partial charge < -0.3 is 10.1 Å². The lowest BCUT2D eigenvalue weighted by Crippen LogP contribution is -2.25. The Morgan fingerprint density at radius 1 is 1.03 bits per heavy atom. The maximum atomic E-state index is 6.31. The molecule has 0 radical (unpaired) electrons. The van der Waals surface area contributed by atoms with Crippen LogP contribution >= 0.6 is 0 Å². The third kappa shape index (κ3) is 4.04. The first-order valence-corrected chi connectivity index (χ1v) is 10.6. The summed E-state index contributed by atoms with van der Waals surface area (Å²) in [6, 6.07) is 18.6. The molecule has 7 heteroatoms. The highest BCUT2D eigenvalue weighted by molar-refractivity contribution is 5.80. The van der Waals surface area contributed by atoms with Gasteiger partial charge >= 0.3 is 0 Å². The molecule has 3 heterocycles. The number of hydrogen-bond acceptors (Lipinski definition) is 6. The molecule has 0 saturated carbocycles. The summed E-state index contributed by atoms with van der Waals surface area (Å²) in [7, 11) is 0. The quantitative estimate of drug-likeness (QED) is 0.502. The zero-order valence-electron chi connectivity index (χ0n) is 17.4. The van der Waals surface area contributed by atoms with Gasteiger partial charge in [-0.2, -0.15) is 5.21 Å². The molecule has 7 nitrogen and oxygen atoms in total. The molecule has 1 aliphatic heterocycles. The minimum atomic E-state index is 0.458. The molecule has 0 unspecified atom stereocenters. The van der Waals surface area contributed by atoms with E-state index >= 15 is 0 Å². The van der Waals surface area contributed by atoms with Gasteiger partial charge in [-0.05, 0) is 34.4 Å². The molecule has 0 spiro atoms. The van der Waals surface area contributed by atoms with Crippen molar-refractivity contribution in [1.29, 1.82) is 0 Å². The van der Waals surface area contributed by atoms with Crippen molar-refractivity contribution in [2.24, 2.45) is 0 Å². The van der Waals surface area contributed by atoms with Gasteiger partial charge in [-0.25, -0.2) is 0 Å². The molecule has 0 atom stereocenters. The number of aryl methyl sites for hydroxylation is 1. The van der Waals surface area contributed by atoms with Crippen LogP contribution in [0.5, 0.6) is 5.75 Å². The van der Waals surface area contributed by atoms with E-state index in [0.29, 0.717) is 12.4 Å². The lowest BCUT2D eigenvalue weighted by Gasteiger charge is -2.21. The average Bonchev–Trinajstić information content (AvgIpc) is 3.37. The number of nitrogens with zero attached hydrogens (tertiary/aromatic N) is 4. The fourth-order valence-corrected chi connectivity index (χ4v) is 3.95. The molecule has 1 aliphatic rings. The number of pyridine rings is 1. The maximum absolute atomic E-state index is 6.31. The first kappa shape index (κ1) is 19.4. The largest absolute Gasteiger partial charge is 0.488 e. The molecule has 0 aliphatic carbocycles. The van der Waals surface area contributed by atoms with Crippen LogP contribution in [0.15, 0.2) is 54.6 Å². The standard InChI is InChI=1S/C24H24N6O/c1-2-18-13-23(21-14-25-11-10-22(21)26-18)31-15-16-8-9-19(17-6-4-3-5-7-17)20(12-16)24-27-29-30-28-24/h3-9,12-13,25H,2,10-11,14-15H2,1H3,(H,27,28,29,30). The molecule has 0 amide bonds. The molecule has 5 rings (SSSR count). The first-order chi connectivity index (χ1) is 15.3. The molecule has 2 aromatic heterocycles. The van der Waals surface area contributed by atoms with Crippen molar-refractivity contribution in [3.05, 3.63) is 77.1 Å². The van der Waals surface area contributed by atoms with Gasteiger partial charge in [-0.3, -0.25) is 4.98 Å². The Kier molecular flexibility index (Phi) is 5.41. The number of tetrazole rings is 1. The Hall–Kier alpha value is -3.58. The number of nitrogens with one attached hydrogen (secondary N) is 2. The van der Waals surface area contributed by atoms with Crippen LogP contribution in [0.25, 0.3) is 22.5 Å². The first-order valence-electron chi connectivity index (χ1n) is 10.6. The van der Waals surface area contributed by atoms with Crippen molar-refractivity contribution >= 4 is 0 Å². The molecule has 0 bridgehead atoms. The second-order valence-corrected chi connectivity index (χ2v) is 7.59. The van der Waals surface area contributed by atoms with E-state index in [9.17, 15) is 0 Å². The van der Waals surface area contributed by atoms with Crippen LogP contribution in [-0.4, -0.2) is 32.2 Å². The van der Waals surface area contributed by atoms with Gasteiger partial charge in [0, 0.05) is 42.4 Å². The van der Waals surface area contributed by atoms with Crippen molar-refractivity contribution in [3.8, 4) is 28.3 Å². The number of aromatic nitrogens is 5. The summed E-state index contributed by atoms with van der Waals surface area (Å²) in [5, 5.41) is 18.1. The van der Waals surface area contributed by atoms with Crippen molar-refractivity contribution in [1.82, 2.24) is 30.9 Å². The zero-order chi connectivity index (χ0) is 21.0. The highest BCUT2D eigenvalue weighted by Crippen LogP contribution is 2.32. The summed E-state index contributed by atoms with van der Waals surface area (Å²) in [5.41, 5.74) is 7.53. The number of aromatic amines is 1. The minimum absolute atomic E-state index is 0.458. The fourth-order valence-electron chi connectivity index (χ4n) is 3.95. The van der Waals surface area contributed by atoms with Gasteiger partial charge in [0.1, 0.15) is 12.4 Å². The Morgan fingerprint density at radius 3 is 2.74 bits per heavy atom. The van der Waals surface area contributed by atoms with E-state index in [1.54, 1.807) is 0 Å². The molecular weight excluding hydrogens is 388 g/mol. The lowest BCUT2D eigenvalue weighted by atomic mass is 9.97. The van der Waals surface area contributed by atoms with Crippen LogP contribution in [0.1, 0.15) is 29.4 Å². The van der Waals surface area contributed by atoms with Crippen LogP contribution < -0.4 is 10.1 Å². The molecule has 31 heavy (non-hydrogen) atoms. The van der Waals surface area contributed by atoms with Crippen molar-refractivity contribution in [3.63, 3.8) is 0 Å². The Bertz CT molecular complexity index is 1170. The van der Waals surface area contributed by atoms with Crippen LogP contribution in [0.2, 0.25) is 0 Å². The van der Waals surface area contributed by atoms with E-state index in [1.807, 2.05) is 18.2 Å². The van der Waals surface area contributed by atoms with Crippen LogP contribution in [-0.2, 0) is 26.0 Å². The van der Waals surface area contributed by atoms with E-state index < -0.39 is 0 Å². The molecule has 0 saturated heterocycles. The molecule has 4 aromatic rings. The van der Waals surface area contributed by atoms with Crippen molar-refractivity contribution in [2.75, 3.05) is 6.54 Å². The Balaban J connectivity index is 1.46. The third-order valence-electron chi connectivity index (χ3n) is 5.57.